The van der Waals surface area contributed by atoms with E-state index in [-0.39, 0.29) is 11.8 Å². The Kier molecular flexibility index (Phi) is 8.11. The van der Waals surface area contributed by atoms with Gasteiger partial charge in [0, 0.05) is 72.2 Å². The molecule has 3 aromatic rings. The molecule has 0 unspecified atom stereocenters. The van der Waals surface area contributed by atoms with Crippen molar-refractivity contribution in [2.75, 3.05) is 36.0 Å². The molecule has 0 saturated heterocycles. The van der Waals surface area contributed by atoms with E-state index in [1.165, 1.54) is 0 Å². The van der Waals surface area contributed by atoms with Gasteiger partial charge in [-0.3, -0.25) is 0 Å². The molecule has 0 amide bonds. The van der Waals surface area contributed by atoms with E-state index in [2.05, 4.69) is 66.7 Å². The Hall–Kier alpha value is -2.76. The number of ether oxygens (including phenoxy) is 1. The van der Waals surface area contributed by atoms with Crippen LogP contribution in [0.25, 0.3) is 0 Å². The zero-order chi connectivity index (χ0) is 25.9. The van der Waals surface area contributed by atoms with Crippen LogP contribution < -0.4 is 9.80 Å². The molecule has 0 saturated carbocycles. The Morgan fingerprint density at radius 3 is 1.72 bits per heavy atom. The van der Waals surface area contributed by atoms with Crippen molar-refractivity contribution in [3.8, 4) is 0 Å². The van der Waals surface area contributed by atoms with Crippen molar-refractivity contribution in [1.82, 2.24) is 4.98 Å². The molecule has 5 nitrogen and oxygen atoms in total. The molecule has 4 rings (SSSR count). The molecule has 36 heavy (non-hydrogen) atoms. The van der Waals surface area contributed by atoms with Crippen LogP contribution in [0.2, 0.25) is 0 Å². The molecule has 2 aromatic carbocycles. The van der Waals surface area contributed by atoms with Crippen molar-refractivity contribution in [2.45, 2.75) is 45.1 Å². The van der Waals surface area contributed by atoms with Gasteiger partial charge in [-0.15, -0.1) is 23.2 Å². The van der Waals surface area contributed by atoms with E-state index in [0.29, 0.717) is 11.3 Å². The number of fused-ring (bicyclic) bond motifs is 1. The van der Waals surface area contributed by atoms with E-state index in [1.54, 1.807) is 6.20 Å². The lowest BCUT2D eigenvalue weighted by atomic mass is 9.77. The SMILES string of the molecule is CCN(CC)c1ccc(C2(c3ccc(N(CC)CC)cc3CCl)OC(=O)c3ncccc32)c(CCl)c1. The van der Waals surface area contributed by atoms with Gasteiger partial charge in [-0.2, -0.15) is 0 Å². The smallest absolute Gasteiger partial charge is 0.358 e. The number of rotatable bonds is 10. The summed E-state index contributed by atoms with van der Waals surface area (Å²) in [5, 5.41) is 0. The van der Waals surface area contributed by atoms with Gasteiger partial charge in [0.05, 0.1) is 0 Å². The number of anilines is 2. The Balaban J connectivity index is 2.02. The Morgan fingerprint density at radius 1 is 0.778 bits per heavy atom. The number of hydrogen-bond donors (Lipinski definition) is 0. The number of nitrogens with zero attached hydrogens (tertiary/aromatic N) is 3. The second-order valence-electron chi connectivity index (χ2n) is 8.77. The highest BCUT2D eigenvalue weighted by Gasteiger charge is 2.51. The third-order valence-corrected chi connectivity index (χ3v) is 7.68. The van der Waals surface area contributed by atoms with Crippen LogP contribution >= 0.6 is 23.2 Å². The van der Waals surface area contributed by atoms with E-state index in [1.807, 2.05) is 24.3 Å². The first-order chi connectivity index (χ1) is 17.5. The zero-order valence-corrected chi connectivity index (χ0v) is 22.9. The number of cyclic esters (lactones) is 1. The minimum absolute atomic E-state index is 0.271. The molecule has 1 aliphatic heterocycles. The van der Waals surface area contributed by atoms with Crippen LogP contribution in [0.4, 0.5) is 11.4 Å². The number of halogens is 2. The molecule has 1 aliphatic rings. The molecule has 190 valence electrons. The van der Waals surface area contributed by atoms with E-state index in [9.17, 15) is 4.79 Å². The Morgan fingerprint density at radius 2 is 1.28 bits per heavy atom. The highest BCUT2D eigenvalue weighted by molar-refractivity contribution is 6.17. The molecule has 2 heterocycles. The topological polar surface area (TPSA) is 45.7 Å². The zero-order valence-electron chi connectivity index (χ0n) is 21.4. The van der Waals surface area contributed by atoms with Crippen LogP contribution in [0.1, 0.15) is 66.0 Å². The summed E-state index contributed by atoms with van der Waals surface area (Å²) in [6.07, 6.45) is 1.62. The molecular formula is C29H33Cl2N3O2. The largest absolute Gasteiger partial charge is 0.439 e. The van der Waals surface area contributed by atoms with Crippen LogP contribution in [0.5, 0.6) is 0 Å². The third-order valence-electron chi connectivity index (χ3n) is 7.11. The number of alkyl halides is 2. The summed E-state index contributed by atoms with van der Waals surface area (Å²) in [4.78, 5) is 22.1. The van der Waals surface area contributed by atoms with E-state index >= 15 is 0 Å². The predicted octanol–water partition coefficient (Wildman–Crippen LogP) is 6.71. The monoisotopic (exact) mass is 525 g/mol. The molecular weight excluding hydrogens is 493 g/mol. The summed E-state index contributed by atoms with van der Waals surface area (Å²) >= 11 is 13.1. The highest BCUT2D eigenvalue weighted by Crippen LogP contribution is 2.50. The quantitative estimate of drug-likeness (QED) is 0.217. The number of esters is 1. The number of benzene rings is 2. The number of hydrogen-bond acceptors (Lipinski definition) is 5. The number of carbonyl (C=O) groups excluding carboxylic acids is 1. The maximum atomic E-state index is 13.2. The Labute approximate surface area is 224 Å². The van der Waals surface area contributed by atoms with Gasteiger partial charge in [-0.1, -0.05) is 18.2 Å². The normalized spacial score (nSPS) is 13.9. The van der Waals surface area contributed by atoms with Crippen molar-refractivity contribution in [2.24, 2.45) is 0 Å². The molecule has 0 radical (unpaired) electrons. The fourth-order valence-corrected chi connectivity index (χ4v) is 5.72. The minimum Gasteiger partial charge on any atom is -0.439 e. The summed E-state index contributed by atoms with van der Waals surface area (Å²) in [6.45, 7) is 12.0. The lowest BCUT2D eigenvalue weighted by Crippen LogP contribution is -2.32. The first kappa shape index (κ1) is 26.3. The van der Waals surface area contributed by atoms with Crippen molar-refractivity contribution in [3.05, 3.63) is 88.2 Å². The standard InChI is InChI=1S/C29H33Cl2N3O2/c1-5-33(6-2)22-11-13-24(20(16-22)18-30)29(26-10-9-15-32-27(26)28(35)36-29)25-14-12-23(17-21(25)19-31)34(7-3)8-4/h9-17H,5-8,18-19H2,1-4H3. The van der Waals surface area contributed by atoms with E-state index in [4.69, 9.17) is 27.9 Å². The van der Waals surface area contributed by atoms with Gasteiger partial charge >= 0.3 is 5.97 Å². The van der Waals surface area contributed by atoms with Gasteiger partial charge in [0.2, 0.25) is 0 Å². The molecule has 0 bridgehead atoms. The lowest BCUT2D eigenvalue weighted by molar-refractivity contribution is 0.0245. The van der Waals surface area contributed by atoms with Gasteiger partial charge in [0.25, 0.3) is 0 Å². The van der Waals surface area contributed by atoms with Gasteiger partial charge in [-0.25, -0.2) is 9.78 Å². The summed E-state index contributed by atoms with van der Waals surface area (Å²) in [6, 6.07) is 16.2. The van der Waals surface area contributed by atoms with Crippen LogP contribution in [0.15, 0.2) is 54.7 Å². The summed E-state index contributed by atoms with van der Waals surface area (Å²) < 4.78 is 6.34. The van der Waals surface area contributed by atoms with Gasteiger partial charge in [0.15, 0.2) is 11.3 Å². The Bertz CT molecular complexity index is 1180. The van der Waals surface area contributed by atoms with Gasteiger partial charge in [0.1, 0.15) is 0 Å². The average molecular weight is 527 g/mol. The minimum atomic E-state index is -1.20. The van der Waals surface area contributed by atoms with Crippen LogP contribution in [0.3, 0.4) is 0 Å². The predicted molar refractivity (Wildman–Crippen MR) is 149 cm³/mol. The van der Waals surface area contributed by atoms with E-state index in [0.717, 1.165) is 59.8 Å². The summed E-state index contributed by atoms with van der Waals surface area (Å²) in [5.41, 5.74) is 5.46. The molecule has 0 aliphatic carbocycles. The fraction of sp³-hybridized carbons (Fsp3) is 0.379. The average Bonchev–Trinajstić information content (AvgIpc) is 3.22. The molecule has 7 heteroatoms. The molecule has 0 spiro atoms. The molecule has 0 N–H and O–H groups in total. The lowest BCUT2D eigenvalue weighted by Gasteiger charge is -2.34. The molecule has 0 atom stereocenters. The maximum absolute atomic E-state index is 13.2. The molecule has 1 aromatic heterocycles. The second-order valence-corrected chi connectivity index (χ2v) is 9.30. The first-order valence-corrected chi connectivity index (χ1v) is 13.6. The number of pyridine rings is 1. The van der Waals surface area contributed by atoms with Crippen molar-refractivity contribution < 1.29 is 9.53 Å². The van der Waals surface area contributed by atoms with Crippen LogP contribution in [0, 0.1) is 0 Å². The first-order valence-electron chi connectivity index (χ1n) is 12.6. The highest BCUT2D eigenvalue weighted by atomic mass is 35.5. The van der Waals surface area contributed by atoms with Crippen molar-refractivity contribution >= 4 is 40.5 Å². The van der Waals surface area contributed by atoms with Gasteiger partial charge in [-0.05, 0) is 69.2 Å². The maximum Gasteiger partial charge on any atom is 0.358 e. The van der Waals surface area contributed by atoms with Crippen molar-refractivity contribution in [3.63, 3.8) is 0 Å². The van der Waals surface area contributed by atoms with Crippen LogP contribution in [-0.4, -0.2) is 37.1 Å². The van der Waals surface area contributed by atoms with Gasteiger partial charge < -0.3 is 14.5 Å². The fourth-order valence-electron chi connectivity index (χ4n) is 5.28. The number of aromatic nitrogens is 1. The summed E-state index contributed by atoms with van der Waals surface area (Å²) in [5.74, 6) is 0.0902. The van der Waals surface area contributed by atoms with Crippen LogP contribution in [-0.2, 0) is 22.1 Å². The number of carbonyl (C=O) groups is 1. The van der Waals surface area contributed by atoms with Crippen molar-refractivity contribution in [1.29, 1.82) is 0 Å². The molecule has 0 fully saturated rings. The third kappa shape index (κ3) is 4.33. The van der Waals surface area contributed by atoms with E-state index < -0.39 is 11.6 Å². The second kappa shape index (κ2) is 11.1. The summed E-state index contributed by atoms with van der Waals surface area (Å²) in [7, 11) is 0.